The van der Waals surface area contributed by atoms with E-state index in [1.54, 1.807) is 6.20 Å². The summed E-state index contributed by atoms with van der Waals surface area (Å²) in [5.74, 6) is 1.28. The Kier molecular flexibility index (Phi) is 5.99. The van der Waals surface area contributed by atoms with Crippen molar-refractivity contribution >= 4 is 33.9 Å². The average molecular weight is 289 g/mol. The molecule has 1 aromatic heterocycles. The maximum absolute atomic E-state index is 5.99. The number of nitrogens with two attached hydrogens (primary N) is 1. The molecule has 0 atom stereocenters. The lowest BCUT2D eigenvalue weighted by Gasteiger charge is -2.11. The molecule has 2 aromatic rings. The Balaban J connectivity index is 1.86. The molecular weight excluding hydrogens is 266 g/mol. The van der Waals surface area contributed by atoms with E-state index in [9.17, 15) is 0 Å². The number of benzene rings is 1. The van der Waals surface area contributed by atoms with Crippen LogP contribution in [0.3, 0.4) is 0 Å². The van der Waals surface area contributed by atoms with Crippen molar-refractivity contribution in [2.45, 2.75) is 25.7 Å². The highest BCUT2D eigenvalue weighted by atomic mass is 32.2. The SMILES string of the molecule is CSCCCCCCNc1ccc(N)c2ccncc12. The van der Waals surface area contributed by atoms with Gasteiger partial charge >= 0.3 is 0 Å². The zero-order chi connectivity index (χ0) is 14.2. The van der Waals surface area contributed by atoms with E-state index in [-0.39, 0.29) is 0 Å². The molecule has 0 saturated carbocycles. The van der Waals surface area contributed by atoms with Crippen LogP contribution in [-0.2, 0) is 0 Å². The van der Waals surface area contributed by atoms with Gasteiger partial charge in [0.1, 0.15) is 0 Å². The summed E-state index contributed by atoms with van der Waals surface area (Å²) >= 11 is 1.93. The van der Waals surface area contributed by atoms with Crippen LogP contribution < -0.4 is 11.1 Å². The van der Waals surface area contributed by atoms with E-state index in [4.69, 9.17) is 5.73 Å². The quantitative estimate of drug-likeness (QED) is 0.566. The van der Waals surface area contributed by atoms with E-state index < -0.39 is 0 Å². The van der Waals surface area contributed by atoms with Crippen LogP contribution in [0.5, 0.6) is 0 Å². The van der Waals surface area contributed by atoms with Crippen LogP contribution in [0.25, 0.3) is 10.8 Å². The lowest BCUT2D eigenvalue weighted by molar-refractivity contribution is 0.689. The average Bonchev–Trinajstić information content (AvgIpc) is 2.49. The van der Waals surface area contributed by atoms with E-state index in [0.29, 0.717) is 0 Å². The molecule has 2 rings (SSSR count). The highest BCUT2D eigenvalue weighted by Crippen LogP contribution is 2.27. The third-order valence-electron chi connectivity index (χ3n) is 3.44. The van der Waals surface area contributed by atoms with Gasteiger partial charge in [-0.25, -0.2) is 0 Å². The minimum absolute atomic E-state index is 0.810. The number of hydrogen-bond acceptors (Lipinski definition) is 4. The van der Waals surface area contributed by atoms with Crippen LogP contribution in [0.1, 0.15) is 25.7 Å². The first-order valence-electron chi connectivity index (χ1n) is 7.18. The Bertz CT molecular complexity index is 542. The fourth-order valence-electron chi connectivity index (χ4n) is 2.32. The fraction of sp³-hybridized carbons (Fsp3) is 0.438. The summed E-state index contributed by atoms with van der Waals surface area (Å²) < 4.78 is 0. The highest BCUT2D eigenvalue weighted by Gasteiger charge is 2.03. The van der Waals surface area contributed by atoms with Gasteiger partial charge in [-0.2, -0.15) is 11.8 Å². The van der Waals surface area contributed by atoms with Gasteiger partial charge in [0, 0.05) is 41.1 Å². The maximum atomic E-state index is 5.99. The van der Waals surface area contributed by atoms with Crippen LogP contribution in [0.4, 0.5) is 11.4 Å². The Morgan fingerprint density at radius 3 is 2.80 bits per heavy atom. The molecule has 0 aliphatic carbocycles. The summed E-state index contributed by atoms with van der Waals surface area (Å²) in [5.41, 5.74) is 7.93. The Morgan fingerprint density at radius 1 is 1.10 bits per heavy atom. The summed E-state index contributed by atoms with van der Waals surface area (Å²) in [6.07, 6.45) is 11.0. The molecule has 0 unspecified atom stereocenters. The van der Waals surface area contributed by atoms with E-state index >= 15 is 0 Å². The number of fused-ring (bicyclic) bond motifs is 1. The predicted molar refractivity (Wildman–Crippen MR) is 91.5 cm³/mol. The highest BCUT2D eigenvalue weighted by molar-refractivity contribution is 7.98. The summed E-state index contributed by atoms with van der Waals surface area (Å²) in [6.45, 7) is 1.01. The van der Waals surface area contributed by atoms with Crippen LogP contribution in [0.2, 0.25) is 0 Å². The maximum Gasteiger partial charge on any atom is 0.0437 e. The van der Waals surface area contributed by atoms with Crippen molar-refractivity contribution in [2.75, 3.05) is 29.6 Å². The summed E-state index contributed by atoms with van der Waals surface area (Å²) in [6, 6.07) is 5.98. The standard InChI is InChI=1S/C16H23N3S/c1-20-11-5-3-2-4-9-19-16-7-6-15(17)13-8-10-18-12-14(13)16/h6-8,10,12,19H,2-5,9,11,17H2,1H3. The molecule has 0 saturated heterocycles. The Hall–Kier alpha value is -1.42. The van der Waals surface area contributed by atoms with Crippen molar-refractivity contribution in [1.29, 1.82) is 0 Å². The number of pyridine rings is 1. The minimum Gasteiger partial charge on any atom is -0.398 e. The van der Waals surface area contributed by atoms with E-state index in [0.717, 1.165) is 28.7 Å². The molecule has 108 valence electrons. The molecule has 3 N–H and O–H groups in total. The normalized spacial score (nSPS) is 10.8. The molecule has 0 amide bonds. The summed E-state index contributed by atoms with van der Waals surface area (Å²) in [5, 5.41) is 5.69. The van der Waals surface area contributed by atoms with Gasteiger partial charge in [0.25, 0.3) is 0 Å². The molecule has 1 aromatic carbocycles. The number of rotatable bonds is 8. The molecule has 0 spiro atoms. The number of nitrogens with zero attached hydrogens (tertiary/aromatic N) is 1. The topological polar surface area (TPSA) is 50.9 Å². The van der Waals surface area contributed by atoms with Gasteiger partial charge in [0.15, 0.2) is 0 Å². The van der Waals surface area contributed by atoms with Crippen LogP contribution >= 0.6 is 11.8 Å². The Morgan fingerprint density at radius 2 is 1.95 bits per heavy atom. The van der Waals surface area contributed by atoms with E-state index in [1.165, 1.54) is 31.4 Å². The largest absolute Gasteiger partial charge is 0.398 e. The van der Waals surface area contributed by atoms with Gasteiger partial charge < -0.3 is 11.1 Å². The smallest absolute Gasteiger partial charge is 0.0437 e. The van der Waals surface area contributed by atoms with Crippen LogP contribution in [-0.4, -0.2) is 23.5 Å². The lowest BCUT2D eigenvalue weighted by Crippen LogP contribution is -2.03. The number of aromatic nitrogens is 1. The number of nitrogens with one attached hydrogen (secondary N) is 1. The molecule has 0 bridgehead atoms. The molecule has 0 fully saturated rings. The minimum atomic E-state index is 0.810. The van der Waals surface area contributed by atoms with Gasteiger partial charge in [0.2, 0.25) is 0 Å². The Labute approximate surface area is 125 Å². The third-order valence-corrected chi connectivity index (χ3v) is 4.14. The monoisotopic (exact) mass is 289 g/mol. The number of nitrogen functional groups attached to an aromatic ring is 1. The number of hydrogen-bond donors (Lipinski definition) is 2. The number of anilines is 2. The molecular formula is C16H23N3S. The number of unbranched alkanes of at least 4 members (excludes halogenated alkanes) is 3. The molecule has 4 heteroatoms. The van der Waals surface area contributed by atoms with Crippen molar-refractivity contribution in [2.24, 2.45) is 0 Å². The second kappa shape index (κ2) is 8.00. The van der Waals surface area contributed by atoms with E-state index in [1.807, 2.05) is 36.2 Å². The van der Waals surface area contributed by atoms with Crippen molar-refractivity contribution in [3.05, 3.63) is 30.6 Å². The summed E-state index contributed by atoms with van der Waals surface area (Å²) in [4.78, 5) is 4.19. The van der Waals surface area contributed by atoms with Gasteiger partial charge in [-0.1, -0.05) is 12.8 Å². The first-order valence-corrected chi connectivity index (χ1v) is 8.57. The fourth-order valence-corrected chi connectivity index (χ4v) is 2.81. The second-order valence-corrected chi connectivity index (χ2v) is 5.94. The third kappa shape index (κ3) is 4.04. The molecule has 1 heterocycles. The van der Waals surface area contributed by atoms with Crippen molar-refractivity contribution in [3.8, 4) is 0 Å². The zero-order valence-corrected chi connectivity index (χ0v) is 12.9. The summed E-state index contributed by atoms with van der Waals surface area (Å²) in [7, 11) is 0. The lowest BCUT2D eigenvalue weighted by atomic mass is 10.1. The van der Waals surface area contributed by atoms with Gasteiger partial charge in [-0.3, -0.25) is 4.98 Å². The molecule has 3 nitrogen and oxygen atoms in total. The predicted octanol–water partition coefficient (Wildman–Crippen LogP) is 4.15. The van der Waals surface area contributed by atoms with Crippen LogP contribution in [0, 0.1) is 0 Å². The van der Waals surface area contributed by atoms with Crippen molar-refractivity contribution in [3.63, 3.8) is 0 Å². The molecule has 20 heavy (non-hydrogen) atoms. The molecule has 0 radical (unpaired) electrons. The van der Waals surface area contributed by atoms with E-state index in [2.05, 4.69) is 16.6 Å². The zero-order valence-electron chi connectivity index (χ0n) is 12.1. The number of thioether (sulfide) groups is 1. The first-order chi connectivity index (χ1) is 9.83. The van der Waals surface area contributed by atoms with Gasteiger partial charge in [0.05, 0.1) is 0 Å². The first kappa shape index (κ1) is 15.0. The van der Waals surface area contributed by atoms with Gasteiger partial charge in [-0.05, 0) is 43.0 Å². The van der Waals surface area contributed by atoms with Crippen molar-refractivity contribution < 1.29 is 0 Å². The second-order valence-electron chi connectivity index (χ2n) is 4.96. The van der Waals surface area contributed by atoms with Crippen molar-refractivity contribution in [1.82, 2.24) is 4.98 Å². The molecule has 0 aliphatic heterocycles. The van der Waals surface area contributed by atoms with Gasteiger partial charge in [-0.15, -0.1) is 0 Å². The van der Waals surface area contributed by atoms with Crippen LogP contribution in [0.15, 0.2) is 30.6 Å². The molecule has 0 aliphatic rings.